The Morgan fingerprint density at radius 2 is 2.29 bits per heavy atom. The molecule has 0 aliphatic rings. The van der Waals surface area contributed by atoms with Crippen molar-refractivity contribution in [2.75, 3.05) is 13.8 Å². The summed E-state index contributed by atoms with van der Waals surface area (Å²) in [6.45, 7) is 6.94. The van der Waals surface area contributed by atoms with E-state index in [1.807, 2.05) is 18.2 Å². The minimum Gasteiger partial charge on any atom is -0.496 e. The van der Waals surface area contributed by atoms with Crippen LogP contribution in [0.25, 0.3) is 6.08 Å². The highest BCUT2D eigenvalue weighted by molar-refractivity contribution is 5.61. The molecule has 1 aromatic carbocycles. The fourth-order valence-corrected chi connectivity index (χ4v) is 1.40. The van der Waals surface area contributed by atoms with Crippen LogP contribution in [0.5, 0.6) is 5.75 Å². The van der Waals surface area contributed by atoms with E-state index in [2.05, 4.69) is 13.5 Å². The van der Waals surface area contributed by atoms with Crippen LogP contribution in [0.4, 0.5) is 4.39 Å². The monoisotopic (exact) mass is 193 g/mol. The minimum atomic E-state index is -0.478. The van der Waals surface area contributed by atoms with E-state index >= 15 is 0 Å². The second-order valence-corrected chi connectivity index (χ2v) is 3.02. The smallest absolute Gasteiger partial charge is 0.126 e. The summed E-state index contributed by atoms with van der Waals surface area (Å²) in [5, 5.41) is 0. The Hall–Kier alpha value is -1.31. The SMILES string of the molecule is [CH2]C(CF)c1cccc(OC)c1C=C. The van der Waals surface area contributed by atoms with Crippen molar-refractivity contribution in [2.45, 2.75) is 5.92 Å². The Bertz CT molecular complexity index is 320. The Balaban J connectivity index is 3.21. The summed E-state index contributed by atoms with van der Waals surface area (Å²) >= 11 is 0. The average Bonchev–Trinajstić information content (AvgIpc) is 2.26. The maximum atomic E-state index is 12.5. The Morgan fingerprint density at radius 1 is 1.57 bits per heavy atom. The molecular formula is C12H14FO. The molecule has 0 bridgehead atoms. The second-order valence-electron chi connectivity index (χ2n) is 3.02. The van der Waals surface area contributed by atoms with Gasteiger partial charge in [0.15, 0.2) is 0 Å². The zero-order valence-electron chi connectivity index (χ0n) is 8.29. The highest BCUT2D eigenvalue weighted by Gasteiger charge is 2.11. The van der Waals surface area contributed by atoms with Crippen molar-refractivity contribution in [1.29, 1.82) is 0 Å². The number of methoxy groups -OCH3 is 1. The molecule has 1 unspecified atom stereocenters. The topological polar surface area (TPSA) is 9.23 Å². The van der Waals surface area contributed by atoms with Crippen molar-refractivity contribution in [2.24, 2.45) is 0 Å². The van der Waals surface area contributed by atoms with Crippen LogP contribution in [0, 0.1) is 6.92 Å². The van der Waals surface area contributed by atoms with E-state index in [4.69, 9.17) is 4.74 Å². The number of alkyl halides is 1. The van der Waals surface area contributed by atoms with Gasteiger partial charge < -0.3 is 4.74 Å². The number of hydrogen-bond donors (Lipinski definition) is 0. The highest BCUT2D eigenvalue weighted by atomic mass is 19.1. The molecule has 0 saturated carbocycles. The van der Waals surface area contributed by atoms with Crippen molar-refractivity contribution < 1.29 is 9.13 Å². The van der Waals surface area contributed by atoms with Gasteiger partial charge in [-0.2, -0.15) is 0 Å². The van der Waals surface area contributed by atoms with Crippen LogP contribution in [-0.4, -0.2) is 13.8 Å². The lowest BCUT2D eigenvalue weighted by atomic mass is 9.96. The van der Waals surface area contributed by atoms with Crippen molar-refractivity contribution in [1.82, 2.24) is 0 Å². The van der Waals surface area contributed by atoms with Crippen LogP contribution < -0.4 is 4.74 Å². The normalized spacial score (nSPS) is 12.2. The van der Waals surface area contributed by atoms with E-state index < -0.39 is 6.67 Å². The van der Waals surface area contributed by atoms with Crippen molar-refractivity contribution in [3.63, 3.8) is 0 Å². The first-order chi connectivity index (χ1) is 6.74. The predicted octanol–water partition coefficient (Wildman–Crippen LogP) is 3.23. The molecule has 0 amide bonds. The average molecular weight is 193 g/mol. The standard InChI is InChI=1S/C12H14FO/c1-4-10-11(9(2)8-13)6-5-7-12(10)14-3/h4-7,9H,1-2,8H2,3H3. The van der Waals surface area contributed by atoms with Crippen molar-refractivity contribution in [3.05, 3.63) is 42.8 Å². The molecule has 0 spiro atoms. The summed E-state index contributed by atoms with van der Waals surface area (Å²) in [5.41, 5.74) is 1.66. The van der Waals surface area contributed by atoms with Crippen LogP contribution in [-0.2, 0) is 0 Å². The lowest BCUT2D eigenvalue weighted by molar-refractivity contribution is 0.411. The summed E-state index contributed by atoms with van der Waals surface area (Å²) < 4.78 is 17.6. The van der Waals surface area contributed by atoms with E-state index in [-0.39, 0.29) is 5.92 Å². The summed E-state index contributed by atoms with van der Waals surface area (Å²) in [4.78, 5) is 0. The number of hydrogen-bond acceptors (Lipinski definition) is 1. The first-order valence-corrected chi connectivity index (χ1v) is 4.43. The van der Waals surface area contributed by atoms with Crippen LogP contribution in [0.3, 0.4) is 0 Å². The zero-order chi connectivity index (χ0) is 10.6. The zero-order valence-corrected chi connectivity index (χ0v) is 8.29. The van der Waals surface area contributed by atoms with Gasteiger partial charge in [-0.1, -0.05) is 24.8 Å². The first kappa shape index (κ1) is 10.8. The first-order valence-electron chi connectivity index (χ1n) is 4.43. The summed E-state index contributed by atoms with van der Waals surface area (Å²) in [6, 6.07) is 5.50. The van der Waals surface area contributed by atoms with Gasteiger partial charge >= 0.3 is 0 Å². The molecule has 2 heteroatoms. The van der Waals surface area contributed by atoms with Crippen LogP contribution in [0.15, 0.2) is 24.8 Å². The lowest BCUT2D eigenvalue weighted by Crippen LogP contribution is -2.00. The number of benzene rings is 1. The predicted molar refractivity (Wildman–Crippen MR) is 57.2 cm³/mol. The van der Waals surface area contributed by atoms with Gasteiger partial charge in [-0.05, 0) is 18.6 Å². The third-order valence-electron chi connectivity index (χ3n) is 2.15. The van der Waals surface area contributed by atoms with Gasteiger partial charge in [0.1, 0.15) is 5.75 Å². The molecule has 14 heavy (non-hydrogen) atoms. The molecule has 0 saturated heterocycles. The summed E-state index contributed by atoms with van der Waals surface area (Å²) in [6.07, 6.45) is 1.67. The molecule has 75 valence electrons. The quantitative estimate of drug-likeness (QED) is 0.713. The van der Waals surface area contributed by atoms with E-state index in [1.54, 1.807) is 13.2 Å². The van der Waals surface area contributed by atoms with Crippen LogP contribution >= 0.6 is 0 Å². The van der Waals surface area contributed by atoms with E-state index in [0.717, 1.165) is 11.1 Å². The molecule has 1 aromatic rings. The minimum absolute atomic E-state index is 0.363. The Morgan fingerprint density at radius 3 is 2.79 bits per heavy atom. The molecule has 1 rings (SSSR count). The van der Waals surface area contributed by atoms with Gasteiger partial charge in [0.05, 0.1) is 13.8 Å². The van der Waals surface area contributed by atoms with Crippen molar-refractivity contribution in [3.8, 4) is 5.75 Å². The largest absolute Gasteiger partial charge is 0.496 e. The third kappa shape index (κ3) is 1.95. The van der Waals surface area contributed by atoms with Gasteiger partial charge in [-0.15, -0.1) is 0 Å². The highest BCUT2D eigenvalue weighted by Crippen LogP contribution is 2.28. The molecule has 0 aliphatic heterocycles. The molecule has 0 fully saturated rings. The summed E-state index contributed by atoms with van der Waals surface area (Å²) in [7, 11) is 1.58. The Kier molecular flexibility index (Phi) is 3.69. The molecule has 0 aromatic heterocycles. The lowest BCUT2D eigenvalue weighted by Gasteiger charge is -2.13. The molecule has 0 aliphatic carbocycles. The van der Waals surface area contributed by atoms with Crippen LogP contribution in [0.2, 0.25) is 0 Å². The summed E-state index contributed by atoms with van der Waals surface area (Å²) in [5.74, 6) is 0.345. The number of ether oxygens (including phenoxy) is 1. The van der Waals surface area contributed by atoms with E-state index in [1.165, 1.54) is 0 Å². The third-order valence-corrected chi connectivity index (χ3v) is 2.15. The maximum Gasteiger partial charge on any atom is 0.126 e. The molecule has 1 radical (unpaired) electrons. The number of halogens is 1. The van der Waals surface area contributed by atoms with E-state index in [9.17, 15) is 4.39 Å². The van der Waals surface area contributed by atoms with Crippen molar-refractivity contribution >= 4 is 6.08 Å². The fourth-order valence-electron chi connectivity index (χ4n) is 1.40. The molecule has 1 nitrogen and oxygen atoms in total. The fraction of sp³-hybridized carbons (Fsp3) is 0.250. The Labute approximate surface area is 84.2 Å². The molecular weight excluding hydrogens is 179 g/mol. The van der Waals surface area contributed by atoms with E-state index in [0.29, 0.717) is 5.75 Å². The van der Waals surface area contributed by atoms with Gasteiger partial charge in [0, 0.05) is 11.5 Å². The number of rotatable bonds is 4. The van der Waals surface area contributed by atoms with Gasteiger partial charge in [-0.25, -0.2) is 0 Å². The van der Waals surface area contributed by atoms with Gasteiger partial charge in [-0.3, -0.25) is 4.39 Å². The van der Waals surface area contributed by atoms with Crippen LogP contribution in [0.1, 0.15) is 17.0 Å². The second kappa shape index (κ2) is 4.80. The maximum absolute atomic E-state index is 12.5. The van der Waals surface area contributed by atoms with Gasteiger partial charge in [0.25, 0.3) is 0 Å². The molecule has 0 N–H and O–H groups in total. The molecule has 0 heterocycles. The van der Waals surface area contributed by atoms with Gasteiger partial charge in [0.2, 0.25) is 0 Å². The molecule has 1 atom stereocenters.